The number of fused-ring (bicyclic) bond motifs is 2. The number of furan rings is 1. The van der Waals surface area contributed by atoms with Crippen molar-refractivity contribution in [1.82, 2.24) is 15.0 Å². The predicted molar refractivity (Wildman–Crippen MR) is 96.2 cm³/mol. The van der Waals surface area contributed by atoms with Crippen molar-refractivity contribution < 1.29 is 4.42 Å². The summed E-state index contributed by atoms with van der Waals surface area (Å²) in [5.74, 6) is 1.75. The van der Waals surface area contributed by atoms with Gasteiger partial charge < -0.3 is 9.40 Å². The predicted octanol–water partition coefficient (Wildman–Crippen LogP) is 5.02. The maximum absolute atomic E-state index is 5.92. The third kappa shape index (κ3) is 2.30. The molecule has 4 heterocycles. The number of benzene rings is 1. The number of pyridine rings is 1. The highest BCUT2D eigenvalue weighted by Gasteiger charge is 2.10. The molecule has 24 heavy (non-hydrogen) atoms. The van der Waals surface area contributed by atoms with Gasteiger partial charge in [-0.25, -0.2) is 9.97 Å². The van der Waals surface area contributed by atoms with Gasteiger partial charge in [0.1, 0.15) is 22.7 Å². The highest BCUT2D eigenvalue weighted by Crippen LogP contribution is 2.28. The maximum atomic E-state index is 5.92. The molecule has 0 aliphatic rings. The Hall–Kier alpha value is -2.92. The van der Waals surface area contributed by atoms with E-state index >= 15 is 0 Å². The number of nitrogens with one attached hydrogen (secondary N) is 1. The van der Waals surface area contributed by atoms with Gasteiger partial charge in [-0.15, -0.1) is 11.3 Å². The number of imidazole rings is 1. The molecule has 4 aromatic heterocycles. The Bertz CT molecular complexity index is 1110. The number of rotatable bonds is 3. The highest BCUT2D eigenvalue weighted by atomic mass is 32.1. The molecule has 5 aromatic rings. The minimum absolute atomic E-state index is 0.800. The van der Waals surface area contributed by atoms with Crippen LogP contribution < -0.4 is 0 Å². The topological polar surface area (TPSA) is 54.7 Å². The van der Waals surface area contributed by atoms with E-state index in [0.29, 0.717) is 0 Å². The summed E-state index contributed by atoms with van der Waals surface area (Å²) < 4.78 is 5.92. The van der Waals surface area contributed by atoms with Crippen LogP contribution in [0.5, 0.6) is 0 Å². The molecule has 116 valence electrons. The first-order chi connectivity index (χ1) is 11.8. The molecule has 0 aliphatic carbocycles. The Balaban J connectivity index is 1.55. The van der Waals surface area contributed by atoms with E-state index in [1.54, 1.807) is 11.3 Å². The molecular weight excluding hydrogens is 318 g/mol. The van der Waals surface area contributed by atoms with Gasteiger partial charge in [-0.2, -0.15) is 0 Å². The third-order valence-corrected chi connectivity index (χ3v) is 4.89. The lowest BCUT2D eigenvalue weighted by molar-refractivity contribution is 0.631. The second-order valence-electron chi connectivity index (χ2n) is 5.68. The molecule has 4 nitrogen and oxygen atoms in total. The molecule has 0 saturated heterocycles. The van der Waals surface area contributed by atoms with Gasteiger partial charge in [-0.1, -0.05) is 24.3 Å². The lowest BCUT2D eigenvalue weighted by Gasteiger charge is -1.95. The molecular formula is C19H13N3OS. The summed E-state index contributed by atoms with van der Waals surface area (Å²) in [6.45, 7) is 0. The lowest BCUT2D eigenvalue weighted by atomic mass is 10.2. The van der Waals surface area contributed by atoms with Gasteiger partial charge >= 0.3 is 0 Å². The molecule has 0 saturated carbocycles. The summed E-state index contributed by atoms with van der Waals surface area (Å²) >= 11 is 1.73. The van der Waals surface area contributed by atoms with E-state index < -0.39 is 0 Å². The number of aromatic amines is 1. The van der Waals surface area contributed by atoms with E-state index in [4.69, 9.17) is 4.42 Å². The van der Waals surface area contributed by atoms with Gasteiger partial charge in [0.15, 0.2) is 5.65 Å². The van der Waals surface area contributed by atoms with Crippen LogP contribution in [0.1, 0.15) is 10.7 Å². The summed E-state index contributed by atoms with van der Waals surface area (Å²) in [7, 11) is 0. The number of aromatic nitrogens is 3. The van der Waals surface area contributed by atoms with Gasteiger partial charge in [0, 0.05) is 28.4 Å². The second-order valence-corrected chi connectivity index (χ2v) is 6.71. The summed E-state index contributed by atoms with van der Waals surface area (Å²) in [5, 5.41) is 3.17. The van der Waals surface area contributed by atoms with Gasteiger partial charge in [-0.3, -0.25) is 0 Å². The highest BCUT2D eigenvalue weighted by molar-refractivity contribution is 7.09. The van der Waals surface area contributed by atoms with Crippen LogP contribution in [0.4, 0.5) is 0 Å². The Kier molecular flexibility index (Phi) is 2.99. The first-order valence-electron chi connectivity index (χ1n) is 7.71. The molecule has 0 bridgehead atoms. The zero-order valence-corrected chi connectivity index (χ0v) is 13.5. The first kappa shape index (κ1) is 13.5. The standard InChI is InChI=1S/C19H13N3OS/c1-2-6-16-12(4-1)9-17(23-16)13-8-15-19(20-11-13)22-18(21-15)10-14-5-3-7-24-14/h1-9,11H,10H2,(H,20,21,22). The minimum atomic E-state index is 0.800. The normalized spacial score (nSPS) is 11.5. The second kappa shape index (κ2) is 5.32. The Morgan fingerprint density at radius 1 is 1.08 bits per heavy atom. The Morgan fingerprint density at radius 3 is 2.92 bits per heavy atom. The van der Waals surface area contributed by atoms with Crippen LogP contribution in [0, 0.1) is 0 Å². The molecule has 1 N–H and O–H groups in total. The van der Waals surface area contributed by atoms with E-state index in [-0.39, 0.29) is 0 Å². The monoisotopic (exact) mass is 331 g/mol. The van der Waals surface area contributed by atoms with E-state index in [0.717, 1.165) is 45.7 Å². The van der Waals surface area contributed by atoms with Gasteiger partial charge in [0.2, 0.25) is 0 Å². The van der Waals surface area contributed by atoms with Crippen molar-refractivity contribution in [1.29, 1.82) is 0 Å². The Morgan fingerprint density at radius 2 is 2.04 bits per heavy atom. The quantitative estimate of drug-likeness (QED) is 0.505. The molecule has 0 unspecified atom stereocenters. The summed E-state index contributed by atoms with van der Waals surface area (Å²) in [6, 6.07) is 16.2. The van der Waals surface area contributed by atoms with Crippen LogP contribution >= 0.6 is 11.3 Å². The van der Waals surface area contributed by atoms with Crippen molar-refractivity contribution >= 4 is 33.5 Å². The van der Waals surface area contributed by atoms with E-state index in [9.17, 15) is 0 Å². The summed E-state index contributed by atoms with van der Waals surface area (Å²) in [6.07, 6.45) is 2.63. The third-order valence-electron chi connectivity index (χ3n) is 4.02. The summed E-state index contributed by atoms with van der Waals surface area (Å²) in [5.41, 5.74) is 3.49. The van der Waals surface area contributed by atoms with E-state index in [1.165, 1.54) is 4.88 Å². The van der Waals surface area contributed by atoms with Gasteiger partial charge in [0.25, 0.3) is 0 Å². The molecule has 0 radical (unpaired) electrons. The molecule has 1 aromatic carbocycles. The van der Waals surface area contributed by atoms with Crippen LogP contribution in [-0.2, 0) is 6.42 Å². The van der Waals surface area contributed by atoms with Gasteiger partial charge in [-0.05, 0) is 29.6 Å². The summed E-state index contributed by atoms with van der Waals surface area (Å²) in [4.78, 5) is 13.8. The van der Waals surface area contributed by atoms with Crippen LogP contribution in [0.15, 0.2) is 64.5 Å². The molecule has 5 rings (SSSR count). The molecule has 5 heteroatoms. The molecule has 0 spiro atoms. The SMILES string of the molecule is c1csc(Cc2nc3cc(-c4cc5ccccc5o4)cnc3[nH]2)c1. The Labute approximate surface area is 141 Å². The van der Waals surface area contributed by atoms with Crippen molar-refractivity contribution in [3.05, 3.63) is 70.8 Å². The van der Waals surface area contributed by atoms with Gasteiger partial charge in [0.05, 0.1) is 0 Å². The maximum Gasteiger partial charge on any atom is 0.157 e. The van der Waals surface area contributed by atoms with E-state index in [2.05, 4.69) is 32.5 Å². The fraction of sp³-hybridized carbons (Fsp3) is 0.0526. The number of H-pyrrole nitrogens is 1. The van der Waals surface area contributed by atoms with E-state index in [1.807, 2.05) is 42.6 Å². The number of hydrogen-bond acceptors (Lipinski definition) is 4. The molecule has 0 amide bonds. The zero-order chi connectivity index (χ0) is 15.9. The first-order valence-corrected chi connectivity index (χ1v) is 8.59. The van der Waals surface area contributed by atoms with Crippen molar-refractivity contribution in [2.45, 2.75) is 6.42 Å². The zero-order valence-electron chi connectivity index (χ0n) is 12.7. The molecule has 0 aliphatic heterocycles. The average Bonchev–Trinajstić information content (AvgIpc) is 3.32. The van der Waals surface area contributed by atoms with Crippen molar-refractivity contribution in [3.63, 3.8) is 0 Å². The van der Waals surface area contributed by atoms with Crippen molar-refractivity contribution in [3.8, 4) is 11.3 Å². The minimum Gasteiger partial charge on any atom is -0.456 e. The fourth-order valence-corrected chi connectivity index (χ4v) is 3.57. The smallest absolute Gasteiger partial charge is 0.157 e. The fourth-order valence-electron chi connectivity index (χ4n) is 2.87. The number of para-hydroxylation sites is 1. The molecule has 0 fully saturated rings. The van der Waals surface area contributed by atoms with Crippen LogP contribution in [0.2, 0.25) is 0 Å². The van der Waals surface area contributed by atoms with Crippen LogP contribution in [0.3, 0.4) is 0 Å². The van der Waals surface area contributed by atoms with Crippen molar-refractivity contribution in [2.24, 2.45) is 0 Å². The van der Waals surface area contributed by atoms with Crippen LogP contribution in [0.25, 0.3) is 33.5 Å². The van der Waals surface area contributed by atoms with Crippen molar-refractivity contribution in [2.75, 3.05) is 0 Å². The lowest BCUT2D eigenvalue weighted by Crippen LogP contribution is -1.86. The van der Waals surface area contributed by atoms with Crippen LogP contribution in [-0.4, -0.2) is 15.0 Å². The number of hydrogen-bond donors (Lipinski definition) is 1. The number of thiophene rings is 1. The largest absolute Gasteiger partial charge is 0.456 e. The molecule has 0 atom stereocenters. The average molecular weight is 331 g/mol. The number of nitrogens with zero attached hydrogens (tertiary/aromatic N) is 2.